The van der Waals surface area contributed by atoms with Gasteiger partial charge in [0.15, 0.2) is 0 Å². The summed E-state index contributed by atoms with van der Waals surface area (Å²) in [6, 6.07) is -4.69. The van der Waals surface area contributed by atoms with Crippen LogP contribution in [0, 0.1) is 0 Å². The number of methoxy groups -OCH3 is 1. The third kappa shape index (κ3) is 2.23. The van der Waals surface area contributed by atoms with Crippen molar-refractivity contribution in [1.82, 2.24) is 0 Å². The first-order valence-corrected chi connectivity index (χ1v) is 4.59. The molecule has 1 unspecified atom stereocenters. The minimum atomic E-state index is -3.04. The molecule has 1 N–H and O–H groups in total. The van der Waals surface area contributed by atoms with E-state index in [0.717, 1.165) is 6.92 Å². The van der Waals surface area contributed by atoms with E-state index in [2.05, 4.69) is 4.74 Å². The van der Waals surface area contributed by atoms with Gasteiger partial charge in [-0.3, -0.25) is 4.79 Å². The molecular weight excluding hydrogens is 216 g/mol. The smallest absolute Gasteiger partial charge is 0.310 e. The Bertz CT molecular complexity index is 965. The van der Waals surface area contributed by atoms with Crippen LogP contribution < -0.4 is 4.74 Å². The normalized spacial score (nSPS) is 23.4. The summed E-state index contributed by atoms with van der Waals surface area (Å²) < 4.78 is 82.1. The van der Waals surface area contributed by atoms with Gasteiger partial charge in [-0.2, -0.15) is 0 Å². The highest BCUT2D eigenvalue weighted by Gasteiger charge is 2.13. The number of ether oxygens (including phenoxy) is 1. The van der Waals surface area contributed by atoms with E-state index in [1.54, 1.807) is 0 Å². The number of hydrogen-bond acceptors (Lipinski definition) is 2. The van der Waals surface area contributed by atoms with Crippen LogP contribution in [0.25, 0.3) is 10.8 Å². The number of carboxylic acids is 1. The van der Waals surface area contributed by atoms with Crippen LogP contribution in [-0.4, -0.2) is 18.1 Å². The summed E-state index contributed by atoms with van der Waals surface area (Å²) in [5.74, 6) is -4.98. The summed E-state index contributed by atoms with van der Waals surface area (Å²) in [5.41, 5.74) is -0.663. The fourth-order valence-corrected chi connectivity index (χ4v) is 1.20. The Balaban J connectivity index is 3.07. The molecule has 0 spiro atoms. The van der Waals surface area contributed by atoms with Crippen molar-refractivity contribution in [2.75, 3.05) is 7.04 Å². The van der Waals surface area contributed by atoms with Gasteiger partial charge in [0.25, 0.3) is 0 Å². The Morgan fingerprint density at radius 3 is 2.82 bits per heavy atom. The molecule has 0 amide bonds. The SMILES string of the molecule is [2H]c1c(C([2H])(C)C(=O)O)c([2H])c2c([2H])c([2H])c(OC([2H])([2H])[2H])c([2H])c2c1[2H]. The first-order valence-electron chi connectivity index (χ1n) is 9.59. The van der Waals surface area contributed by atoms with Gasteiger partial charge in [-0.1, -0.05) is 24.2 Å². The summed E-state index contributed by atoms with van der Waals surface area (Å²) in [6.45, 7) is 0.908. The number of carboxylic acid groups (broad SMARTS) is 1. The Labute approximate surface area is 114 Å². The summed E-state index contributed by atoms with van der Waals surface area (Å²) in [7, 11) is -3.04. The number of benzene rings is 2. The quantitative estimate of drug-likeness (QED) is 0.897. The second-order valence-electron chi connectivity index (χ2n) is 3.24. The highest BCUT2D eigenvalue weighted by Crippen LogP contribution is 2.25. The molecule has 0 saturated carbocycles. The predicted molar refractivity (Wildman–Crippen MR) is 66.6 cm³/mol. The lowest BCUT2D eigenvalue weighted by molar-refractivity contribution is -0.138. The zero-order valence-electron chi connectivity index (χ0n) is 18.8. The Morgan fingerprint density at radius 1 is 1.41 bits per heavy atom. The number of aliphatic carboxylic acids is 1. The van der Waals surface area contributed by atoms with Crippen molar-refractivity contribution >= 4 is 16.7 Å². The topological polar surface area (TPSA) is 46.5 Å². The molecule has 0 bridgehead atoms. The van der Waals surface area contributed by atoms with Crippen molar-refractivity contribution in [3.63, 3.8) is 0 Å². The molecule has 0 fully saturated rings. The molecule has 0 heterocycles. The molecule has 0 radical (unpaired) electrons. The highest BCUT2D eigenvalue weighted by molar-refractivity contribution is 5.86. The largest absolute Gasteiger partial charge is 0.497 e. The molecule has 3 heteroatoms. The van der Waals surface area contributed by atoms with Gasteiger partial charge < -0.3 is 9.84 Å². The average Bonchev–Trinajstić information content (AvgIpc) is 2.51. The molecule has 1 atom stereocenters. The number of rotatable bonds is 3. The number of hydrogen-bond donors (Lipinski definition) is 1. The summed E-state index contributed by atoms with van der Waals surface area (Å²) in [4.78, 5) is 11.4. The van der Waals surface area contributed by atoms with Crippen molar-refractivity contribution in [3.05, 3.63) is 41.8 Å². The van der Waals surface area contributed by atoms with E-state index >= 15 is 0 Å². The Kier molecular flexibility index (Phi) is 1.13. The lowest BCUT2D eigenvalue weighted by Gasteiger charge is -2.08. The third-order valence-electron chi connectivity index (χ3n) is 2.15. The van der Waals surface area contributed by atoms with Gasteiger partial charge >= 0.3 is 5.97 Å². The molecule has 2 aromatic carbocycles. The molecule has 17 heavy (non-hydrogen) atoms. The van der Waals surface area contributed by atoms with E-state index in [1.807, 2.05) is 0 Å². The van der Waals surface area contributed by atoms with Crippen LogP contribution in [0.15, 0.2) is 36.3 Å². The van der Waals surface area contributed by atoms with Crippen molar-refractivity contribution < 1.29 is 28.3 Å². The zero-order chi connectivity index (χ0) is 21.1. The van der Waals surface area contributed by atoms with Gasteiger partial charge in [-0.15, -0.1) is 0 Å². The fraction of sp³-hybridized carbons (Fsp3) is 0.214. The summed E-state index contributed by atoms with van der Waals surface area (Å²) in [6.07, 6.45) is 0. The third-order valence-corrected chi connectivity index (χ3v) is 2.15. The maximum atomic E-state index is 11.4. The maximum Gasteiger partial charge on any atom is 0.310 e. The van der Waals surface area contributed by atoms with E-state index in [0.29, 0.717) is 0 Å². The molecule has 0 aliphatic carbocycles. The first kappa shape index (κ1) is 4.33. The fourth-order valence-electron chi connectivity index (χ4n) is 1.20. The van der Waals surface area contributed by atoms with Crippen molar-refractivity contribution in [2.45, 2.75) is 12.8 Å². The second-order valence-corrected chi connectivity index (χ2v) is 3.24. The molecule has 2 rings (SSSR count). The van der Waals surface area contributed by atoms with Crippen LogP contribution in [0.1, 0.15) is 32.1 Å². The van der Waals surface area contributed by atoms with Gasteiger partial charge in [0.2, 0.25) is 0 Å². The van der Waals surface area contributed by atoms with Gasteiger partial charge in [0.05, 0.1) is 25.3 Å². The predicted octanol–water partition coefficient (Wildman–Crippen LogP) is 3.04. The minimum absolute atomic E-state index is 0.487. The van der Waals surface area contributed by atoms with Crippen LogP contribution in [0.4, 0.5) is 0 Å². The van der Waals surface area contributed by atoms with E-state index in [4.69, 9.17) is 13.7 Å². The lowest BCUT2D eigenvalue weighted by Crippen LogP contribution is -2.06. The highest BCUT2D eigenvalue weighted by atomic mass is 16.5. The van der Waals surface area contributed by atoms with Gasteiger partial charge in [0, 0.05) is 1.37 Å². The van der Waals surface area contributed by atoms with Crippen LogP contribution >= 0.6 is 0 Å². The first-order chi connectivity index (χ1) is 12.1. The van der Waals surface area contributed by atoms with Crippen molar-refractivity contribution in [2.24, 2.45) is 0 Å². The molecule has 2 aromatic rings. The van der Waals surface area contributed by atoms with Gasteiger partial charge in [-0.05, 0) is 35.3 Å². The van der Waals surface area contributed by atoms with Crippen LogP contribution in [0.5, 0.6) is 5.75 Å². The standard InChI is InChI=1S/C14H14O3/c1-9(14(15)16)10-3-4-12-8-13(17-2)6-5-11(12)7-10/h3-9H,1-2H3,(H,15,16)/i2D3,3D,4D,5D,6D,7D,8D,9D. The molecule has 88 valence electrons. The van der Waals surface area contributed by atoms with E-state index in [1.165, 1.54) is 0 Å². The van der Waals surface area contributed by atoms with Gasteiger partial charge in [0.1, 0.15) is 5.75 Å². The van der Waals surface area contributed by atoms with Crippen molar-refractivity contribution in [1.29, 1.82) is 0 Å². The zero-order valence-corrected chi connectivity index (χ0v) is 8.76. The lowest BCUT2D eigenvalue weighted by atomic mass is 9.98. The summed E-state index contributed by atoms with van der Waals surface area (Å²) in [5, 5.41) is 8.26. The van der Waals surface area contributed by atoms with E-state index in [-0.39, 0.29) is 0 Å². The maximum absolute atomic E-state index is 11.4. The monoisotopic (exact) mass is 240 g/mol. The second kappa shape index (κ2) is 4.45. The van der Waals surface area contributed by atoms with Crippen LogP contribution in [-0.2, 0) is 4.79 Å². The number of fused-ring (bicyclic) bond motifs is 1. The van der Waals surface area contributed by atoms with E-state index in [9.17, 15) is 9.90 Å². The average molecular weight is 240 g/mol. The molecule has 0 aliphatic rings. The molecular formula is C14H14O3. The minimum Gasteiger partial charge on any atom is -0.497 e. The summed E-state index contributed by atoms with van der Waals surface area (Å²) >= 11 is 0. The van der Waals surface area contributed by atoms with Gasteiger partial charge in [-0.25, -0.2) is 0 Å². The molecule has 0 aliphatic heterocycles. The molecule has 3 nitrogen and oxygen atoms in total. The van der Waals surface area contributed by atoms with Crippen molar-refractivity contribution in [3.8, 4) is 5.75 Å². The molecule has 0 aromatic heterocycles. The Hall–Kier alpha value is -2.03. The van der Waals surface area contributed by atoms with Crippen LogP contribution in [0.3, 0.4) is 0 Å². The van der Waals surface area contributed by atoms with Crippen LogP contribution in [0.2, 0.25) is 0 Å². The molecule has 0 saturated heterocycles. The van der Waals surface area contributed by atoms with E-state index < -0.39 is 77.2 Å². The Morgan fingerprint density at radius 2 is 2.12 bits per heavy atom. The number of carbonyl (C=O) groups is 1.